The highest BCUT2D eigenvalue weighted by Crippen LogP contribution is 2.19. The van der Waals surface area contributed by atoms with Gasteiger partial charge in [-0.05, 0) is 56.7 Å². The third-order valence-corrected chi connectivity index (χ3v) is 5.38. The van der Waals surface area contributed by atoms with Crippen molar-refractivity contribution in [3.8, 4) is 0 Å². The predicted octanol–water partition coefficient (Wildman–Crippen LogP) is 3.23. The maximum absolute atomic E-state index is 13.9. The van der Waals surface area contributed by atoms with Gasteiger partial charge in [0.2, 0.25) is 0 Å². The van der Waals surface area contributed by atoms with E-state index < -0.39 is 18.5 Å². The minimum atomic E-state index is -0.646. The minimum Gasteiger partial charge on any atom is -0.396 e. The van der Waals surface area contributed by atoms with Crippen LogP contribution in [-0.2, 0) is 6.54 Å². The number of benzene rings is 2. The van der Waals surface area contributed by atoms with E-state index >= 15 is 0 Å². The number of hydrogen-bond donors (Lipinski definition) is 2. The van der Waals surface area contributed by atoms with Crippen LogP contribution in [0.5, 0.6) is 0 Å². The topological polar surface area (TPSA) is 78.7 Å². The second-order valence-corrected chi connectivity index (χ2v) is 9.17. The molecule has 0 aliphatic carbocycles. The molecule has 172 valence electrons. The van der Waals surface area contributed by atoms with Crippen LogP contribution in [0.4, 0.5) is 14.5 Å². The van der Waals surface area contributed by atoms with Gasteiger partial charge >= 0.3 is 0 Å². The summed E-state index contributed by atoms with van der Waals surface area (Å²) >= 11 is 0. The number of carbonyl (C=O) groups is 2. The Hall–Kier alpha value is -3.00. The molecule has 1 saturated heterocycles. The van der Waals surface area contributed by atoms with Crippen LogP contribution in [0.2, 0.25) is 0 Å². The zero-order valence-electron chi connectivity index (χ0n) is 18.7. The van der Waals surface area contributed by atoms with Gasteiger partial charge < -0.3 is 16.0 Å². The van der Waals surface area contributed by atoms with Gasteiger partial charge in [-0.1, -0.05) is 12.1 Å². The van der Waals surface area contributed by atoms with Crippen LogP contribution in [0.1, 0.15) is 47.1 Å². The van der Waals surface area contributed by atoms with Gasteiger partial charge in [0.1, 0.15) is 12.5 Å². The molecule has 0 radical (unpaired) electrons. The summed E-state index contributed by atoms with van der Waals surface area (Å²) in [6.07, 6.45) is 0. The number of amides is 2. The Labute approximate surface area is 187 Å². The molecule has 2 aromatic rings. The number of piperazine rings is 1. The lowest BCUT2D eigenvalue weighted by atomic mass is 10.0. The van der Waals surface area contributed by atoms with Gasteiger partial charge in [0.15, 0.2) is 0 Å². The first-order chi connectivity index (χ1) is 15.1. The smallest absolute Gasteiger partial charge is 0.254 e. The molecule has 2 aromatic carbocycles. The summed E-state index contributed by atoms with van der Waals surface area (Å²) in [4.78, 5) is 28.7. The number of nitrogen functional groups attached to an aromatic ring is 1. The SMILES string of the molecule is CC(C)(C)NC(=O)c1cccc(CN2CCN(C(=O)c3ccc(N)c(F)c3)CC2CF)c1. The van der Waals surface area contributed by atoms with Crippen molar-refractivity contribution < 1.29 is 18.4 Å². The van der Waals surface area contributed by atoms with E-state index in [4.69, 9.17) is 5.73 Å². The number of nitrogens with one attached hydrogen (secondary N) is 1. The van der Waals surface area contributed by atoms with Gasteiger partial charge in [0.05, 0.1) is 11.7 Å². The Morgan fingerprint density at radius 1 is 1.12 bits per heavy atom. The second kappa shape index (κ2) is 9.65. The highest BCUT2D eigenvalue weighted by molar-refractivity contribution is 5.95. The van der Waals surface area contributed by atoms with Crippen molar-refractivity contribution >= 4 is 17.5 Å². The second-order valence-electron chi connectivity index (χ2n) is 9.17. The summed E-state index contributed by atoms with van der Waals surface area (Å²) in [6, 6.07) is 10.7. The summed E-state index contributed by atoms with van der Waals surface area (Å²) < 4.78 is 27.6. The molecule has 1 heterocycles. The van der Waals surface area contributed by atoms with Crippen molar-refractivity contribution in [2.75, 3.05) is 32.0 Å². The van der Waals surface area contributed by atoms with Gasteiger partial charge in [-0.2, -0.15) is 0 Å². The van der Waals surface area contributed by atoms with Crippen molar-refractivity contribution in [1.82, 2.24) is 15.1 Å². The van der Waals surface area contributed by atoms with Gasteiger partial charge in [-0.25, -0.2) is 8.78 Å². The molecule has 3 rings (SSSR count). The van der Waals surface area contributed by atoms with Crippen LogP contribution in [0.25, 0.3) is 0 Å². The normalized spacial score (nSPS) is 17.3. The van der Waals surface area contributed by atoms with Crippen LogP contribution < -0.4 is 11.1 Å². The Balaban J connectivity index is 1.67. The maximum Gasteiger partial charge on any atom is 0.254 e. The fourth-order valence-corrected chi connectivity index (χ4v) is 3.73. The number of alkyl halides is 1. The lowest BCUT2D eigenvalue weighted by molar-refractivity contribution is 0.0399. The van der Waals surface area contributed by atoms with E-state index in [2.05, 4.69) is 5.32 Å². The summed E-state index contributed by atoms with van der Waals surface area (Å²) in [5.74, 6) is -1.15. The molecule has 8 heteroatoms. The van der Waals surface area contributed by atoms with E-state index in [0.717, 1.165) is 11.6 Å². The number of nitrogens with two attached hydrogens (primary N) is 1. The molecule has 1 fully saturated rings. The molecular weight excluding hydrogens is 414 g/mol. The molecule has 0 aromatic heterocycles. The number of anilines is 1. The first-order valence-corrected chi connectivity index (χ1v) is 10.6. The standard InChI is InChI=1S/C24H30F2N4O2/c1-24(2,3)28-22(31)17-6-4-5-16(11-17)14-29-9-10-30(15-19(29)13-25)23(32)18-7-8-21(27)20(26)12-18/h4-8,11-12,19H,9-10,13-15,27H2,1-3H3,(H,28,31). The van der Waals surface area contributed by atoms with E-state index in [-0.39, 0.29) is 35.1 Å². The molecule has 32 heavy (non-hydrogen) atoms. The van der Waals surface area contributed by atoms with Crippen LogP contribution in [0, 0.1) is 5.82 Å². The number of hydrogen-bond acceptors (Lipinski definition) is 4. The Kier molecular flexibility index (Phi) is 7.13. The van der Waals surface area contributed by atoms with E-state index in [9.17, 15) is 18.4 Å². The molecule has 1 atom stereocenters. The molecule has 6 nitrogen and oxygen atoms in total. The maximum atomic E-state index is 13.9. The number of rotatable bonds is 5. The molecule has 1 unspecified atom stereocenters. The van der Waals surface area contributed by atoms with Crippen molar-refractivity contribution in [2.45, 2.75) is 38.9 Å². The van der Waals surface area contributed by atoms with E-state index in [1.165, 1.54) is 12.1 Å². The Morgan fingerprint density at radius 2 is 1.88 bits per heavy atom. The average molecular weight is 445 g/mol. The summed E-state index contributed by atoms with van der Waals surface area (Å²) in [7, 11) is 0. The third-order valence-electron chi connectivity index (χ3n) is 5.38. The number of nitrogens with zero attached hydrogens (tertiary/aromatic N) is 2. The highest BCUT2D eigenvalue weighted by Gasteiger charge is 2.30. The molecule has 2 amide bonds. The van der Waals surface area contributed by atoms with Gasteiger partial charge in [0, 0.05) is 42.8 Å². The predicted molar refractivity (Wildman–Crippen MR) is 121 cm³/mol. The Morgan fingerprint density at radius 3 is 2.53 bits per heavy atom. The van der Waals surface area contributed by atoms with Crippen LogP contribution in [0.15, 0.2) is 42.5 Å². The molecule has 1 aliphatic rings. The quantitative estimate of drug-likeness (QED) is 0.694. The molecule has 0 bridgehead atoms. The van der Waals surface area contributed by atoms with Crippen molar-refractivity contribution in [2.24, 2.45) is 0 Å². The first kappa shape index (κ1) is 23.7. The molecule has 1 aliphatic heterocycles. The zero-order chi connectivity index (χ0) is 23.5. The number of carbonyl (C=O) groups excluding carboxylic acids is 2. The summed E-state index contributed by atoms with van der Waals surface area (Å²) in [5.41, 5.74) is 6.75. The lowest BCUT2D eigenvalue weighted by Crippen LogP contribution is -2.55. The van der Waals surface area contributed by atoms with E-state index in [1.54, 1.807) is 11.0 Å². The van der Waals surface area contributed by atoms with Crippen molar-refractivity contribution in [3.05, 3.63) is 65.0 Å². The van der Waals surface area contributed by atoms with Gasteiger partial charge in [-0.15, -0.1) is 0 Å². The van der Waals surface area contributed by atoms with Crippen LogP contribution >= 0.6 is 0 Å². The van der Waals surface area contributed by atoms with Crippen LogP contribution in [-0.4, -0.2) is 59.5 Å². The fourth-order valence-electron chi connectivity index (χ4n) is 3.73. The largest absolute Gasteiger partial charge is 0.396 e. The van der Waals surface area contributed by atoms with E-state index in [0.29, 0.717) is 25.2 Å². The van der Waals surface area contributed by atoms with Crippen molar-refractivity contribution in [3.63, 3.8) is 0 Å². The fraction of sp³-hybridized carbons (Fsp3) is 0.417. The third kappa shape index (κ3) is 5.82. The summed E-state index contributed by atoms with van der Waals surface area (Å²) in [5, 5.41) is 2.94. The van der Waals surface area contributed by atoms with Crippen molar-refractivity contribution in [1.29, 1.82) is 0 Å². The lowest BCUT2D eigenvalue weighted by Gasteiger charge is -2.40. The molecular formula is C24H30F2N4O2. The average Bonchev–Trinajstić information content (AvgIpc) is 2.74. The molecule has 3 N–H and O–H groups in total. The zero-order valence-corrected chi connectivity index (χ0v) is 18.7. The van der Waals surface area contributed by atoms with Gasteiger partial charge in [-0.3, -0.25) is 14.5 Å². The summed E-state index contributed by atoms with van der Waals surface area (Å²) in [6.45, 7) is 6.65. The van der Waals surface area contributed by atoms with Crippen LogP contribution in [0.3, 0.4) is 0 Å². The van der Waals surface area contributed by atoms with E-state index in [1.807, 2.05) is 43.9 Å². The number of halogens is 2. The first-order valence-electron chi connectivity index (χ1n) is 10.6. The monoisotopic (exact) mass is 444 g/mol. The van der Waals surface area contributed by atoms with Gasteiger partial charge in [0.25, 0.3) is 11.8 Å². The Bertz CT molecular complexity index is 990. The highest BCUT2D eigenvalue weighted by atomic mass is 19.1. The minimum absolute atomic E-state index is 0.0218. The molecule has 0 saturated carbocycles. The molecule has 0 spiro atoms.